The third-order valence-corrected chi connectivity index (χ3v) is 3.56. The van der Waals surface area contributed by atoms with E-state index in [1.807, 2.05) is 18.2 Å². The van der Waals surface area contributed by atoms with E-state index < -0.39 is 0 Å². The summed E-state index contributed by atoms with van der Waals surface area (Å²) in [6.45, 7) is 5.25. The fourth-order valence-electron chi connectivity index (χ4n) is 2.27. The van der Waals surface area contributed by atoms with Crippen LogP contribution in [0.3, 0.4) is 0 Å². The zero-order valence-corrected chi connectivity index (χ0v) is 12.3. The van der Waals surface area contributed by atoms with Crippen LogP contribution in [-0.4, -0.2) is 25.8 Å². The quantitative estimate of drug-likeness (QED) is 0.777. The Hall–Kier alpha value is -0.570. The average Bonchev–Trinajstić information content (AvgIpc) is 2.38. The SMILES string of the molecule is CCCC(OC)C(Cc1ccccc1Cl)NCC. The van der Waals surface area contributed by atoms with Crippen LogP contribution in [0.2, 0.25) is 5.02 Å². The van der Waals surface area contributed by atoms with Gasteiger partial charge >= 0.3 is 0 Å². The Kier molecular flexibility index (Phi) is 7.33. The van der Waals surface area contributed by atoms with E-state index in [9.17, 15) is 0 Å². The predicted molar refractivity (Wildman–Crippen MR) is 78.3 cm³/mol. The highest BCUT2D eigenvalue weighted by Gasteiger charge is 2.20. The summed E-state index contributed by atoms with van der Waals surface area (Å²) in [6.07, 6.45) is 3.35. The molecule has 0 aromatic heterocycles. The van der Waals surface area contributed by atoms with Gasteiger partial charge in [0.1, 0.15) is 0 Å². The minimum absolute atomic E-state index is 0.242. The molecule has 2 atom stereocenters. The van der Waals surface area contributed by atoms with Gasteiger partial charge in [-0.1, -0.05) is 50.1 Å². The molecule has 1 rings (SSSR count). The molecule has 0 aliphatic carbocycles. The van der Waals surface area contributed by atoms with Crippen LogP contribution in [0.4, 0.5) is 0 Å². The van der Waals surface area contributed by atoms with Crippen LogP contribution in [0.25, 0.3) is 0 Å². The van der Waals surface area contributed by atoms with Crippen LogP contribution in [0.15, 0.2) is 24.3 Å². The van der Waals surface area contributed by atoms with Crippen molar-refractivity contribution in [2.75, 3.05) is 13.7 Å². The van der Waals surface area contributed by atoms with Crippen LogP contribution in [0.5, 0.6) is 0 Å². The van der Waals surface area contributed by atoms with Crippen molar-refractivity contribution in [3.05, 3.63) is 34.9 Å². The highest BCUT2D eigenvalue weighted by molar-refractivity contribution is 6.31. The molecule has 18 heavy (non-hydrogen) atoms. The lowest BCUT2D eigenvalue weighted by molar-refractivity contribution is 0.0614. The van der Waals surface area contributed by atoms with Gasteiger partial charge in [0, 0.05) is 18.2 Å². The number of hydrogen-bond acceptors (Lipinski definition) is 2. The van der Waals surface area contributed by atoms with E-state index in [0.29, 0.717) is 6.04 Å². The number of methoxy groups -OCH3 is 1. The van der Waals surface area contributed by atoms with E-state index in [-0.39, 0.29) is 6.10 Å². The van der Waals surface area contributed by atoms with Crippen molar-refractivity contribution in [2.45, 2.75) is 45.3 Å². The Labute approximate surface area is 116 Å². The molecular formula is C15H24ClNO. The van der Waals surface area contributed by atoms with Crippen molar-refractivity contribution < 1.29 is 4.74 Å². The van der Waals surface area contributed by atoms with Crippen molar-refractivity contribution in [3.8, 4) is 0 Å². The van der Waals surface area contributed by atoms with Crippen LogP contribution in [-0.2, 0) is 11.2 Å². The maximum absolute atomic E-state index is 6.22. The molecule has 2 unspecified atom stereocenters. The number of benzene rings is 1. The minimum atomic E-state index is 0.242. The number of likely N-dealkylation sites (N-methyl/N-ethyl adjacent to an activating group) is 1. The number of rotatable bonds is 8. The highest BCUT2D eigenvalue weighted by atomic mass is 35.5. The summed E-state index contributed by atoms with van der Waals surface area (Å²) >= 11 is 6.22. The Morgan fingerprint density at radius 3 is 2.56 bits per heavy atom. The molecule has 0 fully saturated rings. The first-order valence-corrected chi connectivity index (χ1v) is 7.10. The second kappa shape index (κ2) is 8.52. The molecule has 0 aliphatic rings. The van der Waals surface area contributed by atoms with Gasteiger partial charge in [-0.25, -0.2) is 0 Å². The standard InChI is InChI=1S/C15H24ClNO/c1-4-8-15(18-3)14(17-5-2)11-12-9-6-7-10-13(12)16/h6-7,9-10,14-15,17H,4-5,8,11H2,1-3H3. The molecule has 1 N–H and O–H groups in total. The summed E-state index contributed by atoms with van der Waals surface area (Å²) in [7, 11) is 1.79. The molecule has 1 aromatic rings. The first kappa shape index (κ1) is 15.5. The molecule has 0 heterocycles. The van der Waals surface area contributed by atoms with Gasteiger partial charge in [0.2, 0.25) is 0 Å². The molecule has 0 saturated heterocycles. The number of nitrogens with one attached hydrogen (secondary N) is 1. The molecule has 0 amide bonds. The number of ether oxygens (including phenoxy) is 1. The van der Waals surface area contributed by atoms with Gasteiger partial charge in [-0.05, 0) is 31.0 Å². The molecule has 3 heteroatoms. The van der Waals surface area contributed by atoms with E-state index in [0.717, 1.165) is 30.8 Å². The maximum atomic E-state index is 6.22. The number of hydrogen-bond donors (Lipinski definition) is 1. The smallest absolute Gasteiger partial charge is 0.0727 e. The Balaban J connectivity index is 2.75. The van der Waals surface area contributed by atoms with E-state index in [1.165, 1.54) is 5.56 Å². The molecule has 0 bridgehead atoms. The van der Waals surface area contributed by atoms with Crippen LogP contribution in [0, 0.1) is 0 Å². The molecule has 1 aromatic carbocycles. The highest BCUT2D eigenvalue weighted by Crippen LogP contribution is 2.19. The molecule has 0 spiro atoms. The van der Waals surface area contributed by atoms with Gasteiger partial charge in [-0.15, -0.1) is 0 Å². The molecular weight excluding hydrogens is 246 g/mol. The molecule has 0 saturated carbocycles. The third kappa shape index (κ3) is 4.60. The van der Waals surface area contributed by atoms with Crippen LogP contribution < -0.4 is 5.32 Å². The Morgan fingerprint density at radius 2 is 2.00 bits per heavy atom. The molecule has 2 nitrogen and oxygen atoms in total. The van der Waals surface area contributed by atoms with Crippen molar-refractivity contribution in [3.63, 3.8) is 0 Å². The van der Waals surface area contributed by atoms with Crippen LogP contribution >= 0.6 is 11.6 Å². The van der Waals surface area contributed by atoms with Gasteiger partial charge in [-0.2, -0.15) is 0 Å². The summed E-state index contributed by atoms with van der Waals surface area (Å²) in [6, 6.07) is 8.35. The Bertz CT molecular complexity index is 343. The second-order valence-electron chi connectivity index (χ2n) is 4.52. The van der Waals surface area contributed by atoms with E-state index >= 15 is 0 Å². The lowest BCUT2D eigenvalue weighted by Gasteiger charge is -2.27. The topological polar surface area (TPSA) is 21.3 Å². The van der Waals surface area contributed by atoms with Gasteiger partial charge in [-0.3, -0.25) is 0 Å². The largest absolute Gasteiger partial charge is 0.380 e. The fourth-order valence-corrected chi connectivity index (χ4v) is 2.48. The first-order valence-electron chi connectivity index (χ1n) is 6.72. The molecule has 0 radical (unpaired) electrons. The van der Waals surface area contributed by atoms with E-state index in [1.54, 1.807) is 7.11 Å². The first-order chi connectivity index (χ1) is 8.72. The average molecular weight is 270 g/mol. The normalized spacial score (nSPS) is 14.4. The lowest BCUT2D eigenvalue weighted by Crippen LogP contribution is -2.42. The van der Waals surface area contributed by atoms with E-state index in [4.69, 9.17) is 16.3 Å². The van der Waals surface area contributed by atoms with Crippen molar-refractivity contribution in [2.24, 2.45) is 0 Å². The molecule has 102 valence electrons. The summed E-state index contributed by atoms with van der Waals surface area (Å²) in [5.41, 5.74) is 1.18. The third-order valence-electron chi connectivity index (χ3n) is 3.19. The summed E-state index contributed by atoms with van der Waals surface area (Å²) in [4.78, 5) is 0. The van der Waals surface area contributed by atoms with Crippen molar-refractivity contribution >= 4 is 11.6 Å². The van der Waals surface area contributed by atoms with Crippen LogP contribution in [0.1, 0.15) is 32.3 Å². The second-order valence-corrected chi connectivity index (χ2v) is 4.93. The summed E-state index contributed by atoms with van der Waals surface area (Å²) in [5.74, 6) is 0. The number of halogens is 1. The van der Waals surface area contributed by atoms with Gasteiger partial charge < -0.3 is 10.1 Å². The van der Waals surface area contributed by atoms with Crippen molar-refractivity contribution in [1.29, 1.82) is 0 Å². The lowest BCUT2D eigenvalue weighted by atomic mass is 9.98. The van der Waals surface area contributed by atoms with Gasteiger partial charge in [0.25, 0.3) is 0 Å². The summed E-state index contributed by atoms with van der Waals surface area (Å²) < 4.78 is 5.61. The predicted octanol–water partition coefficient (Wildman–Crippen LogP) is 3.68. The van der Waals surface area contributed by atoms with Crippen molar-refractivity contribution in [1.82, 2.24) is 5.32 Å². The minimum Gasteiger partial charge on any atom is -0.380 e. The zero-order valence-electron chi connectivity index (χ0n) is 11.6. The monoisotopic (exact) mass is 269 g/mol. The van der Waals surface area contributed by atoms with E-state index in [2.05, 4.69) is 25.2 Å². The molecule has 0 aliphatic heterocycles. The summed E-state index contributed by atoms with van der Waals surface area (Å²) in [5, 5.41) is 4.35. The van der Waals surface area contributed by atoms with Gasteiger partial charge in [0.15, 0.2) is 0 Å². The maximum Gasteiger partial charge on any atom is 0.0727 e. The fraction of sp³-hybridized carbons (Fsp3) is 0.600. The van der Waals surface area contributed by atoms with Gasteiger partial charge in [0.05, 0.1) is 6.10 Å². The Morgan fingerprint density at radius 1 is 1.28 bits per heavy atom. The zero-order chi connectivity index (χ0) is 13.4.